The van der Waals surface area contributed by atoms with Crippen LogP contribution in [0.2, 0.25) is 0 Å². The molecule has 2 aliphatic rings. The van der Waals surface area contributed by atoms with Crippen LogP contribution in [0.5, 0.6) is 0 Å². The second-order valence-corrected chi connectivity index (χ2v) is 4.95. The maximum Gasteiger partial charge on any atom is 0.0625 e. The Hall–Kier alpha value is -0.300. The van der Waals surface area contributed by atoms with E-state index in [9.17, 15) is 5.11 Å². The summed E-state index contributed by atoms with van der Waals surface area (Å²) in [7, 11) is 0. The summed E-state index contributed by atoms with van der Waals surface area (Å²) >= 11 is 0. The van der Waals surface area contributed by atoms with E-state index in [-0.39, 0.29) is 0 Å². The van der Waals surface area contributed by atoms with Crippen molar-refractivity contribution in [1.29, 1.82) is 0 Å². The zero-order chi connectivity index (χ0) is 8.93. The largest absolute Gasteiger partial charge is 0.390 e. The van der Waals surface area contributed by atoms with Crippen molar-refractivity contribution < 1.29 is 5.11 Å². The van der Waals surface area contributed by atoms with Crippen molar-refractivity contribution in [1.82, 2.24) is 0 Å². The number of hydrogen-bond donors (Lipinski definition) is 1. The van der Waals surface area contributed by atoms with E-state index in [2.05, 4.69) is 6.58 Å². The Morgan fingerprint density at radius 2 is 2.08 bits per heavy atom. The number of rotatable bonds is 1. The highest BCUT2D eigenvalue weighted by molar-refractivity contribution is 5.20. The van der Waals surface area contributed by atoms with Gasteiger partial charge in [0.15, 0.2) is 0 Å². The second-order valence-electron chi connectivity index (χ2n) is 4.95. The lowest BCUT2D eigenvalue weighted by Gasteiger charge is -2.32. The lowest BCUT2D eigenvalue weighted by Crippen LogP contribution is -2.34. The summed E-state index contributed by atoms with van der Waals surface area (Å²) in [6.07, 6.45) is 3.75. The molecule has 0 aromatic rings. The molecule has 1 N–H and O–H groups in total. The molecule has 2 rings (SSSR count). The smallest absolute Gasteiger partial charge is 0.0625 e. The average molecular weight is 166 g/mol. The minimum atomic E-state index is -0.497. The Morgan fingerprint density at radius 3 is 2.33 bits per heavy atom. The van der Waals surface area contributed by atoms with E-state index in [0.717, 1.165) is 5.92 Å². The van der Waals surface area contributed by atoms with Gasteiger partial charge in [0.1, 0.15) is 0 Å². The maximum absolute atomic E-state index is 9.92. The Balaban J connectivity index is 2.19. The molecule has 3 atom stereocenters. The lowest BCUT2D eigenvalue weighted by molar-refractivity contribution is -0.00585. The van der Waals surface area contributed by atoms with Crippen molar-refractivity contribution in [2.75, 3.05) is 0 Å². The van der Waals surface area contributed by atoms with Crippen molar-refractivity contribution in [3.8, 4) is 0 Å². The molecule has 0 aromatic carbocycles. The lowest BCUT2D eigenvalue weighted by atomic mass is 9.78. The molecule has 0 amide bonds. The van der Waals surface area contributed by atoms with Gasteiger partial charge in [-0.2, -0.15) is 0 Å². The Morgan fingerprint density at radius 1 is 1.42 bits per heavy atom. The molecule has 2 fully saturated rings. The minimum Gasteiger partial charge on any atom is -0.390 e. The van der Waals surface area contributed by atoms with Crippen LogP contribution in [0.1, 0.15) is 33.1 Å². The van der Waals surface area contributed by atoms with Crippen molar-refractivity contribution >= 4 is 0 Å². The van der Waals surface area contributed by atoms with E-state index in [0.29, 0.717) is 11.8 Å². The normalized spacial score (nSPS) is 40.9. The van der Waals surface area contributed by atoms with Crippen LogP contribution in [-0.4, -0.2) is 10.7 Å². The molecular weight excluding hydrogens is 148 g/mol. The quantitative estimate of drug-likeness (QED) is 0.593. The van der Waals surface area contributed by atoms with Gasteiger partial charge in [-0.05, 0) is 50.9 Å². The number of aliphatic hydroxyl groups is 1. The molecule has 0 aliphatic heterocycles. The zero-order valence-corrected chi connectivity index (χ0v) is 8.01. The van der Waals surface area contributed by atoms with Crippen LogP contribution in [0.15, 0.2) is 12.2 Å². The topological polar surface area (TPSA) is 20.2 Å². The van der Waals surface area contributed by atoms with Crippen LogP contribution >= 0.6 is 0 Å². The van der Waals surface area contributed by atoms with Crippen LogP contribution in [0.3, 0.4) is 0 Å². The summed E-state index contributed by atoms with van der Waals surface area (Å²) in [5, 5.41) is 9.92. The summed E-state index contributed by atoms with van der Waals surface area (Å²) < 4.78 is 0. The van der Waals surface area contributed by atoms with Crippen LogP contribution in [0.4, 0.5) is 0 Å². The molecule has 0 spiro atoms. The first kappa shape index (κ1) is 8.31. The Labute approximate surface area is 74.5 Å². The van der Waals surface area contributed by atoms with Crippen molar-refractivity contribution in [3.05, 3.63) is 12.2 Å². The summed E-state index contributed by atoms with van der Waals surface area (Å²) in [4.78, 5) is 0. The summed E-state index contributed by atoms with van der Waals surface area (Å²) in [5.74, 6) is 1.82. The highest BCUT2D eigenvalue weighted by Crippen LogP contribution is 2.54. The SMILES string of the molecule is C=C1[C@@H]2CC[C@H]1[C@@H](C(C)(C)O)C2. The van der Waals surface area contributed by atoms with Gasteiger partial charge in [-0.25, -0.2) is 0 Å². The van der Waals surface area contributed by atoms with Gasteiger partial charge in [-0.3, -0.25) is 0 Å². The van der Waals surface area contributed by atoms with Crippen LogP contribution < -0.4 is 0 Å². The molecule has 1 nitrogen and oxygen atoms in total. The van der Waals surface area contributed by atoms with Crippen molar-refractivity contribution in [3.63, 3.8) is 0 Å². The molecule has 0 radical (unpaired) electrons. The number of fused-ring (bicyclic) bond motifs is 2. The second kappa shape index (κ2) is 2.35. The molecule has 1 heteroatoms. The van der Waals surface area contributed by atoms with Crippen molar-refractivity contribution in [2.45, 2.75) is 38.7 Å². The first-order chi connectivity index (χ1) is 5.50. The van der Waals surface area contributed by atoms with Gasteiger partial charge < -0.3 is 5.11 Å². The zero-order valence-electron chi connectivity index (χ0n) is 8.01. The van der Waals surface area contributed by atoms with E-state index < -0.39 is 5.60 Å². The fourth-order valence-electron chi connectivity index (χ4n) is 3.03. The first-order valence-corrected chi connectivity index (χ1v) is 4.91. The predicted molar refractivity (Wildman–Crippen MR) is 49.8 cm³/mol. The standard InChI is InChI=1S/C11H18O/c1-7-8-4-5-9(7)10(6-8)11(2,3)12/h8-10,12H,1,4-6H2,2-3H3/t8-,9-,10+/m1/s1. The molecule has 0 aromatic heterocycles. The van der Waals surface area contributed by atoms with Crippen molar-refractivity contribution in [2.24, 2.45) is 17.8 Å². The van der Waals surface area contributed by atoms with E-state index in [1.165, 1.54) is 24.8 Å². The van der Waals surface area contributed by atoms with Gasteiger partial charge >= 0.3 is 0 Å². The first-order valence-electron chi connectivity index (χ1n) is 4.91. The summed E-state index contributed by atoms with van der Waals surface area (Å²) in [6, 6.07) is 0. The summed E-state index contributed by atoms with van der Waals surface area (Å²) in [5.41, 5.74) is 0.921. The molecule has 68 valence electrons. The fourth-order valence-corrected chi connectivity index (χ4v) is 3.03. The highest BCUT2D eigenvalue weighted by Gasteiger charge is 2.48. The van der Waals surface area contributed by atoms with Gasteiger partial charge in [0.2, 0.25) is 0 Å². The average Bonchev–Trinajstić information content (AvgIpc) is 2.45. The van der Waals surface area contributed by atoms with Crippen LogP contribution in [-0.2, 0) is 0 Å². The maximum atomic E-state index is 9.92. The van der Waals surface area contributed by atoms with Crippen LogP contribution in [0, 0.1) is 17.8 Å². The fraction of sp³-hybridized carbons (Fsp3) is 0.818. The van der Waals surface area contributed by atoms with E-state index >= 15 is 0 Å². The monoisotopic (exact) mass is 166 g/mol. The van der Waals surface area contributed by atoms with E-state index in [1.54, 1.807) is 0 Å². The third-order valence-corrected chi connectivity index (χ3v) is 3.76. The Bertz CT molecular complexity index is 212. The minimum absolute atomic E-state index is 0.476. The molecule has 2 bridgehead atoms. The van der Waals surface area contributed by atoms with Crippen LogP contribution in [0.25, 0.3) is 0 Å². The molecule has 0 saturated heterocycles. The van der Waals surface area contributed by atoms with Gasteiger partial charge in [0.25, 0.3) is 0 Å². The third kappa shape index (κ3) is 1.03. The van der Waals surface area contributed by atoms with Gasteiger partial charge in [0.05, 0.1) is 5.60 Å². The molecule has 2 saturated carbocycles. The molecule has 2 aliphatic carbocycles. The van der Waals surface area contributed by atoms with Gasteiger partial charge in [-0.1, -0.05) is 12.2 Å². The molecule has 0 unspecified atom stereocenters. The number of allylic oxidation sites excluding steroid dienone is 1. The molecule has 0 heterocycles. The van der Waals surface area contributed by atoms with Gasteiger partial charge in [0, 0.05) is 0 Å². The van der Waals surface area contributed by atoms with Gasteiger partial charge in [-0.15, -0.1) is 0 Å². The number of hydrogen-bond acceptors (Lipinski definition) is 1. The van der Waals surface area contributed by atoms with E-state index in [4.69, 9.17) is 0 Å². The Kier molecular flexibility index (Phi) is 1.63. The van der Waals surface area contributed by atoms with E-state index in [1.807, 2.05) is 13.8 Å². The predicted octanol–water partition coefficient (Wildman–Crippen LogP) is 2.36. The molecular formula is C11H18O. The summed E-state index contributed by atoms with van der Waals surface area (Å²) in [6.45, 7) is 8.00. The molecule has 12 heavy (non-hydrogen) atoms. The highest BCUT2D eigenvalue weighted by atomic mass is 16.3. The third-order valence-electron chi connectivity index (χ3n) is 3.76.